The quantitative estimate of drug-likeness (QED) is 0.777. The molecule has 2 aromatic carbocycles. The first-order chi connectivity index (χ1) is 11.7. The van der Waals surface area contributed by atoms with Crippen molar-refractivity contribution in [2.75, 3.05) is 31.3 Å². The molecule has 0 radical (unpaired) electrons. The van der Waals surface area contributed by atoms with E-state index in [0.717, 1.165) is 4.31 Å². The lowest BCUT2D eigenvalue weighted by Crippen LogP contribution is -2.23. The van der Waals surface area contributed by atoms with Crippen molar-refractivity contribution in [1.29, 1.82) is 0 Å². The molecule has 9 heteroatoms. The number of nitrogens with one attached hydrogen (secondary N) is 2. The number of sulfonamides is 1. The smallest absolute Gasteiger partial charge is 0.243 e. The summed E-state index contributed by atoms with van der Waals surface area (Å²) in [6, 6.07) is 11.0. The van der Waals surface area contributed by atoms with Crippen molar-refractivity contribution in [2.24, 2.45) is 0 Å². The van der Waals surface area contributed by atoms with Gasteiger partial charge in [-0.1, -0.05) is 29.3 Å². The van der Waals surface area contributed by atoms with E-state index in [2.05, 4.69) is 10.6 Å². The number of carbonyl (C=O) groups is 1. The van der Waals surface area contributed by atoms with Gasteiger partial charge in [-0.15, -0.1) is 0 Å². The van der Waals surface area contributed by atoms with Crippen molar-refractivity contribution in [2.45, 2.75) is 4.90 Å². The van der Waals surface area contributed by atoms with Crippen LogP contribution < -0.4 is 10.6 Å². The van der Waals surface area contributed by atoms with Crippen LogP contribution in [0.5, 0.6) is 0 Å². The van der Waals surface area contributed by atoms with Gasteiger partial charge < -0.3 is 10.6 Å². The third-order valence-corrected chi connectivity index (χ3v) is 5.82. The number of carbonyl (C=O) groups excluding carboxylic acids is 1. The molecule has 25 heavy (non-hydrogen) atoms. The summed E-state index contributed by atoms with van der Waals surface area (Å²) in [5.41, 5.74) is 1.04. The van der Waals surface area contributed by atoms with Crippen molar-refractivity contribution in [3.05, 3.63) is 52.5 Å². The topological polar surface area (TPSA) is 78.5 Å². The van der Waals surface area contributed by atoms with E-state index in [1.165, 1.54) is 26.2 Å². The van der Waals surface area contributed by atoms with E-state index in [1.54, 1.807) is 30.3 Å². The number of anilines is 2. The Kier molecular flexibility index (Phi) is 6.29. The van der Waals surface area contributed by atoms with Crippen molar-refractivity contribution in [3.63, 3.8) is 0 Å². The number of nitrogens with zero attached hydrogens (tertiary/aromatic N) is 1. The zero-order chi connectivity index (χ0) is 18.6. The molecule has 0 heterocycles. The molecule has 0 atom stereocenters. The Morgan fingerprint density at radius 2 is 1.76 bits per heavy atom. The Bertz CT molecular complexity index is 886. The van der Waals surface area contributed by atoms with Crippen molar-refractivity contribution < 1.29 is 13.2 Å². The van der Waals surface area contributed by atoms with E-state index in [0.29, 0.717) is 21.4 Å². The molecule has 1 amide bonds. The van der Waals surface area contributed by atoms with Gasteiger partial charge >= 0.3 is 0 Å². The standard InChI is InChI=1S/C16H17Cl2N3O3S/c1-21(2)25(23,24)13-5-3-4-12(8-13)20-16(22)10-19-11-6-7-14(17)15(18)9-11/h3-9,19H,10H2,1-2H3,(H,20,22). The van der Waals surface area contributed by atoms with E-state index in [4.69, 9.17) is 23.2 Å². The predicted octanol–water partition coefficient (Wildman–Crippen LogP) is 3.29. The first-order valence-corrected chi connectivity index (χ1v) is 9.41. The maximum atomic E-state index is 12.1. The first kappa shape index (κ1) is 19.5. The Morgan fingerprint density at radius 3 is 2.40 bits per heavy atom. The van der Waals surface area contributed by atoms with Crippen molar-refractivity contribution >= 4 is 50.5 Å². The van der Waals surface area contributed by atoms with E-state index in [-0.39, 0.29) is 17.3 Å². The van der Waals surface area contributed by atoms with E-state index in [1.807, 2.05) is 0 Å². The molecule has 0 bridgehead atoms. The average Bonchev–Trinajstić information content (AvgIpc) is 2.56. The molecule has 0 aliphatic heterocycles. The lowest BCUT2D eigenvalue weighted by atomic mass is 10.3. The largest absolute Gasteiger partial charge is 0.376 e. The molecule has 2 N–H and O–H groups in total. The van der Waals surface area contributed by atoms with Crippen LogP contribution in [0.4, 0.5) is 11.4 Å². The second-order valence-electron chi connectivity index (χ2n) is 5.35. The van der Waals surface area contributed by atoms with Crippen LogP contribution in [-0.2, 0) is 14.8 Å². The second kappa shape index (κ2) is 8.05. The zero-order valence-corrected chi connectivity index (χ0v) is 15.9. The van der Waals surface area contributed by atoms with Gasteiger partial charge in [-0.3, -0.25) is 4.79 Å². The SMILES string of the molecule is CN(C)S(=O)(=O)c1cccc(NC(=O)CNc2ccc(Cl)c(Cl)c2)c1. The fourth-order valence-electron chi connectivity index (χ4n) is 1.94. The normalized spacial score (nSPS) is 11.4. The summed E-state index contributed by atoms with van der Waals surface area (Å²) in [4.78, 5) is 12.1. The Balaban J connectivity index is 2.02. The maximum absolute atomic E-state index is 12.1. The average molecular weight is 402 g/mol. The highest BCUT2D eigenvalue weighted by molar-refractivity contribution is 7.89. The van der Waals surface area contributed by atoms with Crippen LogP contribution in [-0.4, -0.2) is 39.3 Å². The molecular weight excluding hydrogens is 385 g/mol. The van der Waals surface area contributed by atoms with E-state index in [9.17, 15) is 13.2 Å². The summed E-state index contributed by atoms with van der Waals surface area (Å²) in [5.74, 6) is -0.328. The lowest BCUT2D eigenvalue weighted by Gasteiger charge is -2.13. The number of benzene rings is 2. The van der Waals surface area contributed by atoms with Crippen LogP contribution in [0.25, 0.3) is 0 Å². The van der Waals surface area contributed by atoms with Gasteiger partial charge in [-0.05, 0) is 36.4 Å². The lowest BCUT2D eigenvalue weighted by molar-refractivity contribution is -0.114. The van der Waals surface area contributed by atoms with Crippen LogP contribution in [0.15, 0.2) is 47.4 Å². The number of hydrogen-bond donors (Lipinski definition) is 2. The summed E-state index contributed by atoms with van der Waals surface area (Å²) in [6.45, 7) is -0.0113. The minimum Gasteiger partial charge on any atom is -0.376 e. The van der Waals surface area contributed by atoms with Crippen LogP contribution in [0.2, 0.25) is 10.0 Å². The summed E-state index contributed by atoms with van der Waals surface area (Å²) in [7, 11) is -0.668. The minimum absolute atomic E-state index is 0.0113. The monoisotopic (exact) mass is 401 g/mol. The molecule has 6 nitrogen and oxygen atoms in total. The fraction of sp³-hybridized carbons (Fsp3) is 0.188. The summed E-state index contributed by atoms with van der Waals surface area (Å²) < 4.78 is 25.3. The van der Waals surface area contributed by atoms with E-state index < -0.39 is 10.0 Å². The van der Waals surface area contributed by atoms with Gasteiger partial charge in [0.1, 0.15) is 0 Å². The number of hydrogen-bond acceptors (Lipinski definition) is 4. The Morgan fingerprint density at radius 1 is 1.04 bits per heavy atom. The highest BCUT2D eigenvalue weighted by Gasteiger charge is 2.17. The fourth-order valence-corrected chi connectivity index (χ4v) is 3.18. The Hall–Kier alpha value is -1.80. The molecule has 0 saturated carbocycles. The third kappa shape index (κ3) is 5.09. The number of amides is 1. The van der Waals surface area contributed by atoms with E-state index >= 15 is 0 Å². The van der Waals surface area contributed by atoms with Crippen molar-refractivity contribution in [1.82, 2.24) is 4.31 Å². The molecule has 0 saturated heterocycles. The molecule has 0 unspecified atom stereocenters. The van der Waals surface area contributed by atoms with Gasteiger partial charge in [0.25, 0.3) is 0 Å². The van der Waals surface area contributed by atoms with Gasteiger partial charge in [0.15, 0.2) is 0 Å². The van der Waals surface area contributed by atoms with Crippen LogP contribution >= 0.6 is 23.2 Å². The highest BCUT2D eigenvalue weighted by Crippen LogP contribution is 2.25. The maximum Gasteiger partial charge on any atom is 0.243 e. The number of rotatable bonds is 6. The molecule has 2 rings (SSSR count). The third-order valence-electron chi connectivity index (χ3n) is 3.27. The molecule has 0 aromatic heterocycles. The molecule has 134 valence electrons. The van der Waals surface area contributed by atoms with Gasteiger partial charge in [0.05, 0.1) is 21.5 Å². The predicted molar refractivity (Wildman–Crippen MR) is 101 cm³/mol. The molecule has 0 spiro atoms. The van der Waals surface area contributed by atoms with Crippen LogP contribution in [0.3, 0.4) is 0 Å². The first-order valence-electron chi connectivity index (χ1n) is 7.21. The van der Waals surface area contributed by atoms with Gasteiger partial charge in [-0.25, -0.2) is 12.7 Å². The molecule has 0 aliphatic rings. The molecule has 2 aromatic rings. The van der Waals surface area contributed by atoms with Gasteiger partial charge in [-0.2, -0.15) is 0 Å². The highest BCUT2D eigenvalue weighted by atomic mass is 35.5. The second-order valence-corrected chi connectivity index (χ2v) is 8.31. The van der Waals surface area contributed by atoms with Gasteiger partial charge in [0.2, 0.25) is 15.9 Å². The Labute approximate surface area is 156 Å². The summed E-state index contributed by atoms with van der Waals surface area (Å²) >= 11 is 11.7. The number of halogens is 2. The van der Waals surface area contributed by atoms with Crippen molar-refractivity contribution in [3.8, 4) is 0 Å². The van der Waals surface area contributed by atoms with Crippen LogP contribution in [0.1, 0.15) is 0 Å². The van der Waals surface area contributed by atoms with Crippen LogP contribution in [0, 0.1) is 0 Å². The molecule has 0 fully saturated rings. The minimum atomic E-state index is -3.56. The summed E-state index contributed by atoms with van der Waals surface area (Å²) in [6.07, 6.45) is 0. The van der Waals surface area contributed by atoms with Gasteiger partial charge in [0, 0.05) is 25.5 Å². The summed E-state index contributed by atoms with van der Waals surface area (Å²) in [5, 5.41) is 6.37. The zero-order valence-electron chi connectivity index (χ0n) is 13.6. The molecular formula is C16H17Cl2N3O3S. The molecule has 0 aliphatic carbocycles.